The lowest BCUT2D eigenvalue weighted by molar-refractivity contribution is -0.160. The van der Waals surface area contributed by atoms with Gasteiger partial charge in [-0.2, -0.15) is 0 Å². The Morgan fingerprint density at radius 2 is 2.00 bits per heavy atom. The van der Waals surface area contributed by atoms with Crippen LogP contribution in [0.3, 0.4) is 0 Å². The first-order chi connectivity index (χ1) is 7.52. The molecule has 0 aromatic rings. The van der Waals surface area contributed by atoms with Crippen LogP contribution >= 0.6 is 0 Å². The van der Waals surface area contributed by atoms with Crippen LogP contribution in [0.15, 0.2) is 0 Å². The van der Waals surface area contributed by atoms with E-state index in [4.69, 9.17) is 10.2 Å². The number of ether oxygens (including phenoxy) is 1. The number of aliphatic hydroxyl groups excluding tert-OH is 1. The van der Waals surface area contributed by atoms with E-state index in [1.54, 1.807) is 6.92 Å². The number of rotatable bonds is 7. The second-order valence-electron chi connectivity index (χ2n) is 2.92. The van der Waals surface area contributed by atoms with Crippen molar-refractivity contribution >= 4 is 17.8 Å². The zero-order chi connectivity index (χ0) is 12.6. The normalized spacial score (nSPS) is 11.6. The summed E-state index contributed by atoms with van der Waals surface area (Å²) >= 11 is 0. The number of aliphatic hydroxyl groups is 1. The Hall–Kier alpha value is -1.63. The standard InChI is InChI=1S/C9H15NO6/c1-2-16-9(15)6(8(13)14)5-7(12)10-3-4-11/h6,11H,2-5H2,1H3,(H,10,12)(H,13,14). The highest BCUT2D eigenvalue weighted by Gasteiger charge is 2.30. The maximum atomic E-state index is 11.2. The van der Waals surface area contributed by atoms with Crippen LogP contribution in [0.5, 0.6) is 0 Å². The van der Waals surface area contributed by atoms with E-state index in [-0.39, 0.29) is 19.8 Å². The summed E-state index contributed by atoms with van der Waals surface area (Å²) in [6.45, 7) is 1.38. The van der Waals surface area contributed by atoms with Crippen LogP contribution in [0.25, 0.3) is 0 Å². The highest BCUT2D eigenvalue weighted by Crippen LogP contribution is 2.06. The molecule has 0 aliphatic heterocycles. The second-order valence-corrected chi connectivity index (χ2v) is 2.92. The minimum atomic E-state index is -1.50. The molecule has 0 radical (unpaired) electrons. The van der Waals surface area contributed by atoms with Crippen LogP contribution in [0, 0.1) is 5.92 Å². The third kappa shape index (κ3) is 5.30. The average Bonchev–Trinajstić information content (AvgIpc) is 2.22. The molecule has 0 aromatic heterocycles. The Balaban J connectivity index is 4.28. The fraction of sp³-hybridized carbons (Fsp3) is 0.667. The van der Waals surface area contributed by atoms with E-state index < -0.39 is 30.2 Å². The van der Waals surface area contributed by atoms with Crippen molar-refractivity contribution in [2.24, 2.45) is 5.92 Å². The summed E-state index contributed by atoms with van der Waals surface area (Å²) in [5.74, 6) is -4.46. The van der Waals surface area contributed by atoms with E-state index in [0.29, 0.717) is 0 Å². The maximum absolute atomic E-state index is 11.2. The summed E-state index contributed by atoms with van der Waals surface area (Å²) in [6.07, 6.45) is -0.492. The van der Waals surface area contributed by atoms with Crippen LogP contribution in [0.2, 0.25) is 0 Å². The summed E-state index contributed by atoms with van der Waals surface area (Å²) in [6, 6.07) is 0. The Morgan fingerprint density at radius 1 is 1.38 bits per heavy atom. The number of hydrogen-bond donors (Lipinski definition) is 3. The number of amides is 1. The third-order valence-corrected chi connectivity index (χ3v) is 1.69. The van der Waals surface area contributed by atoms with Gasteiger partial charge >= 0.3 is 11.9 Å². The lowest BCUT2D eigenvalue weighted by Crippen LogP contribution is -2.34. The summed E-state index contributed by atoms with van der Waals surface area (Å²) < 4.78 is 4.52. The first-order valence-corrected chi connectivity index (χ1v) is 4.79. The van der Waals surface area contributed by atoms with Gasteiger partial charge in [-0.15, -0.1) is 0 Å². The molecular weight excluding hydrogens is 218 g/mol. The van der Waals surface area contributed by atoms with E-state index >= 15 is 0 Å². The Kier molecular flexibility index (Phi) is 6.86. The number of carbonyl (C=O) groups is 3. The number of esters is 1. The highest BCUT2D eigenvalue weighted by atomic mass is 16.5. The van der Waals surface area contributed by atoms with Crippen LogP contribution in [-0.4, -0.2) is 47.8 Å². The van der Waals surface area contributed by atoms with Crippen molar-refractivity contribution in [2.45, 2.75) is 13.3 Å². The zero-order valence-electron chi connectivity index (χ0n) is 8.93. The molecular formula is C9H15NO6. The first kappa shape index (κ1) is 14.4. The van der Waals surface area contributed by atoms with Crippen molar-refractivity contribution in [3.8, 4) is 0 Å². The molecule has 92 valence electrons. The number of nitrogens with one attached hydrogen (secondary N) is 1. The lowest BCUT2D eigenvalue weighted by Gasteiger charge is -2.10. The number of hydrogen-bond acceptors (Lipinski definition) is 5. The van der Waals surface area contributed by atoms with Crippen molar-refractivity contribution in [3.63, 3.8) is 0 Å². The van der Waals surface area contributed by atoms with Gasteiger partial charge in [-0.1, -0.05) is 0 Å². The largest absolute Gasteiger partial charge is 0.481 e. The second kappa shape index (κ2) is 7.63. The molecule has 0 aromatic carbocycles. The predicted molar refractivity (Wildman–Crippen MR) is 52.5 cm³/mol. The maximum Gasteiger partial charge on any atom is 0.320 e. The summed E-state index contributed by atoms with van der Waals surface area (Å²) in [5, 5.41) is 19.4. The molecule has 0 saturated carbocycles. The predicted octanol–water partition coefficient (Wildman–Crippen LogP) is -1.25. The molecule has 0 rings (SSSR count). The average molecular weight is 233 g/mol. The van der Waals surface area contributed by atoms with Crippen LogP contribution in [0.1, 0.15) is 13.3 Å². The van der Waals surface area contributed by atoms with Gasteiger partial charge in [-0.3, -0.25) is 14.4 Å². The van der Waals surface area contributed by atoms with Crippen molar-refractivity contribution in [1.29, 1.82) is 0 Å². The van der Waals surface area contributed by atoms with Gasteiger partial charge in [0.25, 0.3) is 0 Å². The molecule has 0 saturated heterocycles. The van der Waals surface area contributed by atoms with Gasteiger partial charge in [0.15, 0.2) is 5.92 Å². The minimum absolute atomic E-state index is 0.0218. The van der Waals surface area contributed by atoms with Crippen molar-refractivity contribution in [1.82, 2.24) is 5.32 Å². The van der Waals surface area contributed by atoms with Gasteiger partial charge in [-0.05, 0) is 6.92 Å². The molecule has 0 heterocycles. The highest BCUT2D eigenvalue weighted by molar-refractivity contribution is 5.98. The summed E-state index contributed by atoms with van der Waals surface area (Å²) in [5.41, 5.74) is 0. The fourth-order valence-electron chi connectivity index (χ4n) is 0.967. The van der Waals surface area contributed by atoms with E-state index in [1.165, 1.54) is 0 Å². The molecule has 7 heteroatoms. The molecule has 3 N–H and O–H groups in total. The van der Waals surface area contributed by atoms with Gasteiger partial charge in [0.1, 0.15) is 0 Å². The zero-order valence-corrected chi connectivity index (χ0v) is 8.93. The van der Waals surface area contributed by atoms with E-state index in [2.05, 4.69) is 10.1 Å². The molecule has 7 nitrogen and oxygen atoms in total. The quantitative estimate of drug-likeness (QED) is 0.374. The first-order valence-electron chi connectivity index (χ1n) is 4.79. The van der Waals surface area contributed by atoms with Crippen molar-refractivity contribution < 1.29 is 29.3 Å². The summed E-state index contributed by atoms with van der Waals surface area (Å²) in [4.78, 5) is 33.0. The Labute approximate surface area is 92.4 Å². The molecule has 16 heavy (non-hydrogen) atoms. The third-order valence-electron chi connectivity index (χ3n) is 1.69. The number of aliphatic carboxylic acids is 1. The monoisotopic (exact) mass is 233 g/mol. The SMILES string of the molecule is CCOC(=O)C(CC(=O)NCCO)C(=O)O. The van der Waals surface area contributed by atoms with Gasteiger partial charge < -0.3 is 20.3 Å². The smallest absolute Gasteiger partial charge is 0.320 e. The van der Waals surface area contributed by atoms with Crippen LogP contribution < -0.4 is 5.32 Å². The number of carbonyl (C=O) groups excluding carboxylic acids is 2. The molecule has 1 atom stereocenters. The Morgan fingerprint density at radius 3 is 2.44 bits per heavy atom. The van der Waals surface area contributed by atoms with Gasteiger partial charge in [-0.25, -0.2) is 0 Å². The number of carboxylic acids is 1. The van der Waals surface area contributed by atoms with E-state index in [1.807, 2.05) is 0 Å². The molecule has 0 spiro atoms. The molecule has 0 aliphatic carbocycles. The Bertz CT molecular complexity index is 265. The van der Waals surface area contributed by atoms with Crippen LogP contribution in [0.4, 0.5) is 0 Å². The molecule has 1 amide bonds. The lowest BCUT2D eigenvalue weighted by atomic mass is 10.1. The van der Waals surface area contributed by atoms with Gasteiger partial charge in [0.2, 0.25) is 5.91 Å². The van der Waals surface area contributed by atoms with E-state index in [0.717, 1.165) is 0 Å². The number of carboxylic acid groups (broad SMARTS) is 1. The fourth-order valence-corrected chi connectivity index (χ4v) is 0.967. The van der Waals surface area contributed by atoms with Gasteiger partial charge in [0.05, 0.1) is 19.6 Å². The minimum Gasteiger partial charge on any atom is -0.481 e. The van der Waals surface area contributed by atoms with Crippen LogP contribution in [-0.2, 0) is 19.1 Å². The molecule has 0 bridgehead atoms. The summed E-state index contributed by atoms with van der Waals surface area (Å²) in [7, 11) is 0. The van der Waals surface area contributed by atoms with Gasteiger partial charge in [0, 0.05) is 6.54 Å². The molecule has 1 unspecified atom stereocenters. The molecule has 0 fully saturated rings. The van der Waals surface area contributed by atoms with Crippen molar-refractivity contribution in [2.75, 3.05) is 19.8 Å². The molecule has 0 aliphatic rings. The van der Waals surface area contributed by atoms with Crippen molar-refractivity contribution in [3.05, 3.63) is 0 Å². The van der Waals surface area contributed by atoms with E-state index in [9.17, 15) is 14.4 Å². The topological polar surface area (TPSA) is 113 Å².